The van der Waals surface area contributed by atoms with Crippen LogP contribution in [0.15, 0.2) is 12.0 Å². The highest BCUT2D eigenvalue weighted by Gasteiger charge is 2.50. The van der Waals surface area contributed by atoms with Crippen LogP contribution in [0.4, 0.5) is 18.0 Å². The third kappa shape index (κ3) is 6.07. The molecule has 0 N–H and O–H groups in total. The van der Waals surface area contributed by atoms with E-state index in [0.29, 0.717) is 6.42 Å². The Hall–Kier alpha value is -1.45. The first kappa shape index (κ1) is 22.6. The van der Waals surface area contributed by atoms with E-state index in [0.717, 1.165) is 4.90 Å². The fraction of sp³-hybridized carbons (Fsp3) is 0.812. The topological polar surface area (TPSA) is 72.9 Å². The second-order valence-corrected chi connectivity index (χ2v) is 9.39. The average molecular weight is 401 g/mol. The normalized spacial score (nSPS) is 22.2. The van der Waals surface area contributed by atoms with Crippen LogP contribution in [0.25, 0.3) is 0 Å². The molecule has 0 bridgehead atoms. The van der Waals surface area contributed by atoms with Crippen molar-refractivity contribution in [2.24, 2.45) is 17.8 Å². The summed E-state index contributed by atoms with van der Waals surface area (Å²) in [7, 11) is -5.89. The predicted molar refractivity (Wildman–Crippen MR) is 89.2 cm³/mol. The summed E-state index contributed by atoms with van der Waals surface area (Å²) in [6, 6.07) is 0. The fourth-order valence-corrected chi connectivity index (χ4v) is 2.97. The van der Waals surface area contributed by atoms with Gasteiger partial charge in [-0.25, -0.2) is 9.69 Å². The molecule has 0 saturated heterocycles. The van der Waals surface area contributed by atoms with E-state index in [9.17, 15) is 26.4 Å². The number of nitrogens with zero attached hydrogens (tertiary/aromatic N) is 1. The molecule has 1 aliphatic rings. The molecule has 6 nitrogen and oxygen atoms in total. The van der Waals surface area contributed by atoms with Crippen LogP contribution in [0.3, 0.4) is 0 Å². The molecular formula is C16H26F3NO5S. The number of amides is 1. The summed E-state index contributed by atoms with van der Waals surface area (Å²) < 4.78 is 70.4. The fourth-order valence-electron chi connectivity index (χ4n) is 2.51. The third-order valence-corrected chi connectivity index (χ3v) is 4.62. The van der Waals surface area contributed by atoms with E-state index in [4.69, 9.17) is 4.74 Å². The summed E-state index contributed by atoms with van der Waals surface area (Å²) >= 11 is 0. The predicted octanol–water partition coefficient (Wildman–Crippen LogP) is 4.24. The highest BCUT2D eigenvalue weighted by molar-refractivity contribution is 7.87. The Bertz CT molecular complexity index is 650. The van der Waals surface area contributed by atoms with Gasteiger partial charge in [0.1, 0.15) is 5.60 Å². The molecule has 2 unspecified atom stereocenters. The van der Waals surface area contributed by atoms with E-state index in [1.54, 1.807) is 20.8 Å². The van der Waals surface area contributed by atoms with Gasteiger partial charge < -0.3 is 8.92 Å². The second kappa shape index (κ2) is 7.66. The average Bonchev–Trinajstić information content (AvgIpc) is 2.37. The van der Waals surface area contributed by atoms with Crippen molar-refractivity contribution in [3.05, 3.63) is 12.0 Å². The highest BCUT2D eigenvalue weighted by atomic mass is 32.2. The Morgan fingerprint density at radius 1 is 1.31 bits per heavy atom. The number of carbonyl (C=O) groups is 1. The van der Waals surface area contributed by atoms with Crippen molar-refractivity contribution in [1.29, 1.82) is 0 Å². The molecule has 152 valence electrons. The Morgan fingerprint density at radius 2 is 1.85 bits per heavy atom. The molecule has 0 aromatic heterocycles. The lowest BCUT2D eigenvalue weighted by Gasteiger charge is -2.36. The van der Waals surface area contributed by atoms with Gasteiger partial charge >= 0.3 is 21.7 Å². The van der Waals surface area contributed by atoms with Crippen molar-refractivity contribution < 1.29 is 35.3 Å². The Morgan fingerprint density at radius 3 is 2.27 bits per heavy atom. The van der Waals surface area contributed by atoms with Crippen LogP contribution in [0, 0.1) is 17.8 Å². The Kier molecular flexibility index (Phi) is 6.65. The van der Waals surface area contributed by atoms with Crippen LogP contribution >= 0.6 is 0 Å². The molecule has 2 atom stereocenters. The standard InChI is InChI=1S/C16H26F3NO5S/c1-10(2)7-12-8-13(25-26(22,23)16(17,18)19)20(9-11(12)3)14(21)24-15(4,5)6/h8,10-12H,7,9H2,1-6H3. The van der Waals surface area contributed by atoms with Gasteiger partial charge in [0.2, 0.25) is 5.88 Å². The zero-order chi connectivity index (χ0) is 20.5. The van der Waals surface area contributed by atoms with Crippen molar-refractivity contribution in [2.75, 3.05) is 6.54 Å². The number of hydrogen-bond donors (Lipinski definition) is 0. The van der Waals surface area contributed by atoms with Gasteiger partial charge in [-0.1, -0.05) is 20.8 Å². The van der Waals surface area contributed by atoms with Gasteiger partial charge in [0.25, 0.3) is 0 Å². The first-order chi connectivity index (χ1) is 11.5. The minimum Gasteiger partial charge on any atom is -0.443 e. The zero-order valence-electron chi connectivity index (χ0n) is 15.8. The molecule has 1 aliphatic heterocycles. The Balaban J connectivity index is 3.24. The molecule has 0 fully saturated rings. The summed E-state index contributed by atoms with van der Waals surface area (Å²) in [5.41, 5.74) is -6.49. The molecule has 0 aromatic carbocycles. The molecule has 0 aromatic rings. The number of halogens is 3. The molecule has 1 heterocycles. The maximum absolute atomic E-state index is 12.7. The van der Waals surface area contributed by atoms with Gasteiger partial charge in [0.05, 0.1) is 0 Å². The molecule has 0 saturated carbocycles. The molecule has 10 heteroatoms. The zero-order valence-corrected chi connectivity index (χ0v) is 16.6. The van der Waals surface area contributed by atoms with Crippen molar-refractivity contribution in [1.82, 2.24) is 4.90 Å². The lowest BCUT2D eigenvalue weighted by Crippen LogP contribution is -2.44. The second-order valence-electron chi connectivity index (χ2n) is 7.85. The van der Waals surface area contributed by atoms with Crippen LogP contribution in [0.5, 0.6) is 0 Å². The summed E-state index contributed by atoms with van der Waals surface area (Å²) in [6.07, 6.45) is 0.917. The lowest BCUT2D eigenvalue weighted by atomic mass is 9.84. The summed E-state index contributed by atoms with van der Waals surface area (Å²) in [5, 5.41) is 0. The van der Waals surface area contributed by atoms with E-state index < -0.39 is 33.2 Å². The van der Waals surface area contributed by atoms with Crippen LogP contribution in [0.2, 0.25) is 0 Å². The first-order valence-electron chi connectivity index (χ1n) is 8.26. The highest BCUT2D eigenvalue weighted by Crippen LogP contribution is 2.34. The van der Waals surface area contributed by atoms with Crippen molar-refractivity contribution in [3.8, 4) is 0 Å². The Labute approximate surface area is 152 Å². The number of carbonyl (C=O) groups excluding carboxylic acids is 1. The van der Waals surface area contributed by atoms with Crippen molar-refractivity contribution in [2.45, 2.75) is 59.1 Å². The molecule has 0 aliphatic carbocycles. The smallest absolute Gasteiger partial charge is 0.443 e. The van der Waals surface area contributed by atoms with Gasteiger partial charge in [-0.2, -0.15) is 21.6 Å². The minimum absolute atomic E-state index is 0.00842. The number of rotatable bonds is 4. The monoisotopic (exact) mass is 401 g/mol. The van der Waals surface area contributed by atoms with Crippen LogP contribution < -0.4 is 0 Å². The van der Waals surface area contributed by atoms with E-state index >= 15 is 0 Å². The van der Waals surface area contributed by atoms with Crippen LogP contribution in [0.1, 0.15) is 48.0 Å². The summed E-state index contributed by atoms with van der Waals surface area (Å²) in [4.78, 5) is 13.1. The van der Waals surface area contributed by atoms with Crippen LogP contribution in [-0.2, 0) is 19.0 Å². The first-order valence-corrected chi connectivity index (χ1v) is 9.67. The van der Waals surface area contributed by atoms with Gasteiger partial charge in [0.15, 0.2) is 0 Å². The van der Waals surface area contributed by atoms with E-state index in [2.05, 4.69) is 4.18 Å². The van der Waals surface area contributed by atoms with Gasteiger partial charge in [-0.15, -0.1) is 0 Å². The minimum atomic E-state index is -5.89. The molecule has 1 amide bonds. The SMILES string of the molecule is CC(C)CC1C=C(OS(=O)(=O)C(F)(F)F)N(C(=O)OC(C)(C)C)CC1C. The van der Waals surface area contributed by atoms with E-state index in [1.165, 1.54) is 6.08 Å². The van der Waals surface area contributed by atoms with Crippen molar-refractivity contribution in [3.63, 3.8) is 0 Å². The molecule has 0 spiro atoms. The number of alkyl halides is 3. The largest absolute Gasteiger partial charge is 0.534 e. The quantitative estimate of drug-likeness (QED) is 0.520. The lowest BCUT2D eigenvalue weighted by molar-refractivity contribution is -0.0548. The molecule has 0 radical (unpaired) electrons. The number of ether oxygens (including phenoxy) is 1. The molecule has 1 rings (SSSR count). The van der Waals surface area contributed by atoms with Gasteiger partial charge in [-0.05, 0) is 51.0 Å². The molecular weight excluding hydrogens is 375 g/mol. The summed E-state index contributed by atoms with van der Waals surface area (Å²) in [5.74, 6) is -0.773. The summed E-state index contributed by atoms with van der Waals surface area (Å²) in [6.45, 7) is 10.5. The maximum atomic E-state index is 12.7. The van der Waals surface area contributed by atoms with E-state index in [1.807, 2.05) is 20.8 Å². The third-order valence-electron chi connectivity index (χ3n) is 3.66. The van der Waals surface area contributed by atoms with Crippen LogP contribution in [-0.4, -0.2) is 37.1 Å². The number of hydrogen-bond acceptors (Lipinski definition) is 5. The van der Waals surface area contributed by atoms with E-state index in [-0.39, 0.29) is 24.3 Å². The van der Waals surface area contributed by atoms with Gasteiger partial charge in [0, 0.05) is 6.54 Å². The van der Waals surface area contributed by atoms with Gasteiger partial charge in [-0.3, -0.25) is 0 Å². The number of allylic oxidation sites excluding steroid dienone is 1. The maximum Gasteiger partial charge on any atom is 0.534 e. The van der Waals surface area contributed by atoms with Crippen molar-refractivity contribution >= 4 is 16.2 Å². The molecule has 26 heavy (non-hydrogen) atoms.